The van der Waals surface area contributed by atoms with Gasteiger partial charge in [-0.3, -0.25) is 0 Å². The summed E-state index contributed by atoms with van der Waals surface area (Å²) in [6, 6.07) is 6.65. The molecule has 0 spiro atoms. The molecule has 88 valence electrons. The van der Waals surface area contributed by atoms with Crippen molar-refractivity contribution in [1.29, 1.82) is 0 Å². The average molecular weight is 218 g/mol. The fourth-order valence-corrected chi connectivity index (χ4v) is 1.86. The molecule has 0 bridgehead atoms. The zero-order chi connectivity index (χ0) is 12.0. The number of rotatable bonds is 6. The third kappa shape index (κ3) is 4.18. The molecule has 16 heavy (non-hydrogen) atoms. The van der Waals surface area contributed by atoms with Gasteiger partial charge in [0.25, 0.3) is 0 Å². The molecule has 0 heterocycles. The second kappa shape index (κ2) is 6.47. The maximum atomic E-state index is 10.3. The minimum atomic E-state index is 0.631. The van der Waals surface area contributed by atoms with E-state index in [1.807, 2.05) is 0 Å². The van der Waals surface area contributed by atoms with Crippen molar-refractivity contribution in [2.45, 2.75) is 46.5 Å². The molecule has 0 amide bonds. The Morgan fingerprint density at radius 3 is 2.56 bits per heavy atom. The largest absolute Gasteiger partial charge is 0.303 e. The Morgan fingerprint density at radius 2 is 2.00 bits per heavy atom. The highest BCUT2D eigenvalue weighted by Gasteiger charge is 2.01. The Hall–Kier alpha value is -1.11. The first-order chi connectivity index (χ1) is 7.63. The predicted octanol–water partition coefficient (Wildman–Crippen LogP) is 3.72. The van der Waals surface area contributed by atoms with Crippen molar-refractivity contribution in [1.82, 2.24) is 0 Å². The van der Waals surface area contributed by atoms with Gasteiger partial charge in [-0.1, -0.05) is 32.0 Å². The maximum Gasteiger partial charge on any atom is 0.120 e. The second-order valence-electron chi connectivity index (χ2n) is 4.90. The van der Waals surface area contributed by atoms with Gasteiger partial charge < -0.3 is 4.79 Å². The van der Waals surface area contributed by atoms with Gasteiger partial charge in [0.05, 0.1) is 0 Å². The number of hydrogen-bond acceptors (Lipinski definition) is 1. The molecule has 1 aromatic rings. The number of carbonyl (C=O) groups is 1. The van der Waals surface area contributed by atoms with Crippen molar-refractivity contribution >= 4 is 6.29 Å². The normalized spacial score (nSPS) is 10.8. The van der Waals surface area contributed by atoms with E-state index in [4.69, 9.17) is 0 Å². The van der Waals surface area contributed by atoms with E-state index in [0.717, 1.165) is 25.0 Å². The second-order valence-corrected chi connectivity index (χ2v) is 4.90. The summed E-state index contributed by atoms with van der Waals surface area (Å²) in [6.45, 7) is 6.65. The van der Waals surface area contributed by atoms with Gasteiger partial charge in [0.2, 0.25) is 0 Å². The lowest BCUT2D eigenvalue weighted by Gasteiger charge is -2.09. The molecule has 1 heteroatoms. The smallest absolute Gasteiger partial charge is 0.120 e. The lowest BCUT2D eigenvalue weighted by Crippen LogP contribution is -1.96. The van der Waals surface area contributed by atoms with Crippen LogP contribution in [0.25, 0.3) is 0 Å². The predicted molar refractivity (Wildman–Crippen MR) is 68.7 cm³/mol. The van der Waals surface area contributed by atoms with E-state index in [1.165, 1.54) is 23.1 Å². The third-order valence-electron chi connectivity index (χ3n) is 2.95. The van der Waals surface area contributed by atoms with Crippen LogP contribution in [0, 0.1) is 12.8 Å². The first kappa shape index (κ1) is 13.0. The van der Waals surface area contributed by atoms with Gasteiger partial charge >= 0.3 is 0 Å². The molecule has 0 atom stereocenters. The molecule has 0 aliphatic heterocycles. The summed E-state index contributed by atoms with van der Waals surface area (Å²) in [5.74, 6) is 0.759. The van der Waals surface area contributed by atoms with Crippen LogP contribution < -0.4 is 0 Å². The SMILES string of the molecule is Cc1cc(CCC(C)C)ccc1CCC=O. The fourth-order valence-electron chi connectivity index (χ4n) is 1.86. The van der Waals surface area contributed by atoms with Crippen LogP contribution in [-0.2, 0) is 17.6 Å². The summed E-state index contributed by atoms with van der Waals surface area (Å²) >= 11 is 0. The molecule has 0 aromatic heterocycles. The molecule has 0 N–H and O–H groups in total. The Balaban J connectivity index is 2.63. The van der Waals surface area contributed by atoms with E-state index in [2.05, 4.69) is 39.0 Å². The number of benzene rings is 1. The molecular weight excluding hydrogens is 196 g/mol. The van der Waals surface area contributed by atoms with E-state index in [1.54, 1.807) is 0 Å². The Kier molecular flexibility index (Phi) is 5.24. The number of hydrogen-bond donors (Lipinski definition) is 0. The van der Waals surface area contributed by atoms with Gasteiger partial charge in [0.1, 0.15) is 6.29 Å². The zero-order valence-electron chi connectivity index (χ0n) is 10.6. The van der Waals surface area contributed by atoms with Gasteiger partial charge in [-0.2, -0.15) is 0 Å². The summed E-state index contributed by atoms with van der Waals surface area (Å²) in [5.41, 5.74) is 4.05. The maximum absolute atomic E-state index is 10.3. The Labute approximate surface area is 98.9 Å². The molecule has 0 fully saturated rings. The highest BCUT2D eigenvalue weighted by atomic mass is 16.1. The molecule has 0 aliphatic rings. The van der Waals surface area contributed by atoms with E-state index in [0.29, 0.717) is 6.42 Å². The molecule has 0 saturated heterocycles. The first-order valence-electron chi connectivity index (χ1n) is 6.15. The molecule has 0 aliphatic carbocycles. The van der Waals surface area contributed by atoms with Crippen molar-refractivity contribution in [3.8, 4) is 0 Å². The van der Waals surface area contributed by atoms with Crippen molar-refractivity contribution in [2.75, 3.05) is 0 Å². The molecular formula is C15H22O. The number of carbonyl (C=O) groups excluding carboxylic acids is 1. The quantitative estimate of drug-likeness (QED) is 0.665. The summed E-state index contributed by atoms with van der Waals surface area (Å²) in [5, 5.41) is 0. The first-order valence-corrected chi connectivity index (χ1v) is 6.15. The van der Waals surface area contributed by atoms with Crippen LogP contribution in [0.3, 0.4) is 0 Å². The van der Waals surface area contributed by atoms with Gasteiger partial charge in [0, 0.05) is 6.42 Å². The third-order valence-corrected chi connectivity index (χ3v) is 2.95. The van der Waals surface area contributed by atoms with E-state index in [-0.39, 0.29) is 0 Å². The lowest BCUT2D eigenvalue weighted by molar-refractivity contribution is -0.107. The van der Waals surface area contributed by atoms with E-state index >= 15 is 0 Å². The molecule has 0 unspecified atom stereocenters. The van der Waals surface area contributed by atoms with Gasteiger partial charge in [0.15, 0.2) is 0 Å². The van der Waals surface area contributed by atoms with Crippen molar-refractivity contribution in [3.63, 3.8) is 0 Å². The summed E-state index contributed by atoms with van der Waals surface area (Å²) in [7, 11) is 0. The van der Waals surface area contributed by atoms with E-state index < -0.39 is 0 Å². The highest BCUT2D eigenvalue weighted by Crippen LogP contribution is 2.15. The van der Waals surface area contributed by atoms with Crippen molar-refractivity contribution in [3.05, 3.63) is 34.9 Å². The van der Waals surface area contributed by atoms with Crippen LogP contribution in [0.1, 0.15) is 43.4 Å². The van der Waals surface area contributed by atoms with Crippen LogP contribution in [0.15, 0.2) is 18.2 Å². The van der Waals surface area contributed by atoms with Crippen LogP contribution in [-0.4, -0.2) is 6.29 Å². The zero-order valence-corrected chi connectivity index (χ0v) is 10.6. The van der Waals surface area contributed by atoms with Gasteiger partial charge in [-0.15, -0.1) is 0 Å². The topological polar surface area (TPSA) is 17.1 Å². The highest BCUT2D eigenvalue weighted by molar-refractivity contribution is 5.50. The standard InChI is InChI=1S/C15H22O/c1-12(2)6-7-14-8-9-15(5-4-10-16)13(3)11-14/h8-12H,4-7H2,1-3H3. The van der Waals surface area contributed by atoms with E-state index in [9.17, 15) is 4.79 Å². The van der Waals surface area contributed by atoms with Crippen molar-refractivity contribution in [2.24, 2.45) is 5.92 Å². The minimum absolute atomic E-state index is 0.631. The van der Waals surface area contributed by atoms with Crippen molar-refractivity contribution < 1.29 is 4.79 Å². The number of aryl methyl sites for hydroxylation is 3. The number of aldehydes is 1. The molecule has 1 aromatic carbocycles. The molecule has 1 rings (SSSR count). The minimum Gasteiger partial charge on any atom is -0.303 e. The molecule has 0 radical (unpaired) electrons. The summed E-state index contributed by atoms with van der Waals surface area (Å²) in [4.78, 5) is 10.3. The fraction of sp³-hybridized carbons (Fsp3) is 0.533. The van der Waals surface area contributed by atoms with Crippen LogP contribution in [0.2, 0.25) is 0 Å². The van der Waals surface area contributed by atoms with Crippen LogP contribution in [0.4, 0.5) is 0 Å². The monoisotopic (exact) mass is 218 g/mol. The average Bonchev–Trinajstić information content (AvgIpc) is 2.25. The Bertz CT molecular complexity index is 339. The van der Waals surface area contributed by atoms with Gasteiger partial charge in [-0.05, 0) is 48.8 Å². The van der Waals surface area contributed by atoms with Crippen LogP contribution in [0.5, 0.6) is 0 Å². The lowest BCUT2D eigenvalue weighted by atomic mass is 9.97. The van der Waals surface area contributed by atoms with Gasteiger partial charge in [-0.25, -0.2) is 0 Å². The Morgan fingerprint density at radius 1 is 1.25 bits per heavy atom. The summed E-state index contributed by atoms with van der Waals surface area (Å²) < 4.78 is 0. The van der Waals surface area contributed by atoms with Crippen LogP contribution >= 0.6 is 0 Å². The molecule has 0 saturated carbocycles. The summed E-state index contributed by atoms with van der Waals surface area (Å²) in [6.07, 6.45) is 4.90. The molecule has 1 nitrogen and oxygen atoms in total.